The molecule has 2 aliphatic rings. The molecule has 1 aliphatic carbocycles. The molecule has 0 aromatic carbocycles. The minimum atomic E-state index is 0.120. The number of amides is 1. The van der Waals surface area contributed by atoms with Crippen molar-refractivity contribution in [3.05, 3.63) is 0 Å². The van der Waals surface area contributed by atoms with Crippen LogP contribution in [-0.2, 0) is 14.3 Å². The fourth-order valence-corrected chi connectivity index (χ4v) is 1.83. The summed E-state index contributed by atoms with van der Waals surface area (Å²) in [7, 11) is 1.64. The normalized spacial score (nSPS) is 21.2. The van der Waals surface area contributed by atoms with E-state index in [1.165, 1.54) is 6.42 Å². The molecule has 0 unspecified atom stereocenters. The van der Waals surface area contributed by atoms with Crippen molar-refractivity contribution in [1.82, 2.24) is 5.01 Å². The molecule has 0 bridgehead atoms. The van der Waals surface area contributed by atoms with Crippen molar-refractivity contribution in [2.24, 2.45) is 5.10 Å². The molecule has 0 spiro atoms. The second-order valence-electron chi connectivity index (χ2n) is 4.21. The van der Waals surface area contributed by atoms with Crippen molar-refractivity contribution in [1.29, 1.82) is 0 Å². The minimum Gasteiger partial charge on any atom is -0.382 e. The topological polar surface area (TPSA) is 51.1 Å². The van der Waals surface area contributed by atoms with Crippen LogP contribution in [-0.4, -0.2) is 49.6 Å². The van der Waals surface area contributed by atoms with Gasteiger partial charge in [-0.15, -0.1) is 0 Å². The van der Waals surface area contributed by atoms with Gasteiger partial charge in [-0.05, 0) is 19.3 Å². The van der Waals surface area contributed by atoms with Gasteiger partial charge >= 0.3 is 0 Å². The second-order valence-corrected chi connectivity index (χ2v) is 4.21. The lowest BCUT2D eigenvalue weighted by Gasteiger charge is -2.31. The summed E-state index contributed by atoms with van der Waals surface area (Å²) in [4.78, 5) is 11.6. The number of hydrazone groups is 1. The van der Waals surface area contributed by atoms with Crippen LogP contribution >= 0.6 is 0 Å². The summed E-state index contributed by atoms with van der Waals surface area (Å²) in [6, 6.07) is 0.351. The van der Waals surface area contributed by atoms with Gasteiger partial charge in [0.15, 0.2) is 0 Å². The van der Waals surface area contributed by atoms with Crippen LogP contribution in [0, 0.1) is 0 Å². The maximum Gasteiger partial charge on any atom is 0.248 e. The van der Waals surface area contributed by atoms with Crippen molar-refractivity contribution < 1.29 is 14.3 Å². The number of carbonyl (C=O) groups is 1. The van der Waals surface area contributed by atoms with Gasteiger partial charge in [-0.1, -0.05) is 0 Å². The fraction of sp³-hybridized carbons (Fsp3) is 0.818. The molecular formula is C11H18N2O3. The summed E-state index contributed by atoms with van der Waals surface area (Å²) in [5.41, 5.74) is 0.841. The number of nitrogens with zero attached hydrogens (tertiary/aromatic N) is 2. The fourth-order valence-electron chi connectivity index (χ4n) is 1.83. The van der Waals surface area contributed by atoms with E-state index in [1.807, 2.05) is 0 Å². The molecule has 0 atom stereocenters. The Balaban J connectivity index is 1.75. The van der Waals surface area contributed by atoms with Gasteiger partial charge in [-0.25, -0.2) is 5.01 Å². The maximum absolute atomic E-state index is 11.6. The van der Waals surface area contributed by atoms with Gasteiger partial charge in [-0.3, -0.25) is 4.79 Å². The summed E-state index contributed by atoms with van der Waals surface area (Å²) in [6.07, 6.45) is 3.81. The van der Waals surface area contributed by atoms with E-state index >= 15 is 0 Å². The number of hydrogen-bond acceptors (Lipinski definition) is 4. The predicted octanol–water partition coefficient (Wildman–Crippen LogP) is 0.790. The van der Waals surface area contributed by atoms with Gasteiger partial charge in [0.25, 0.3) is 0 Å². The average molecular weight is 226 g/mol. The zero-order chi connectivity index (χ0) is 11.4. The third kappa shape index (κ3) is 2.59. The number of methoxy groups -OCH3 is 1. The first-order valence-electron chi connectivity index (χ1n) is 5.76. The Labute approximate surface area is 95.4 Å². The molecule has 5 heteroatoms. The van der Waals surface area contributed by atoms with E-state index in [9.17, 15) is 4.79 Å². The van der Waals surface area contributed by atoms with Crippen molar-refractivity contribution >= 4 is 11.6 Å². The van der Waals surface area contributed by atoms with E-state index in [0.717, 1.165) is 18.6 Å². The number of rotatable bonds is 6. The Bertz CT molecular complexity index is 287. The summed E-state index contributed by atoms with van der Waals surface area (Å²) < 4.78 is 10.2. The van der Waals surface area contributed by atoms with Gasteiger partial charge in [0.1, 0.15) is 0 Å². The van der Waals surface area contributed by atoms with Crippen LogP contribution < -0.4 is 0 Å². The second kappa shape index (κ2) is 5.41. The highest BCUT2D eigenvalue weighted by atomic mass is 16.5. The first kappa shape index (κ1) is 11.5. The number of hydrogen-bond donors (Lipinski definition) is 0. The lowest BCUT2D eigenvalue weighted by Crippen LogP contribution is -2.37. The van der Waals surface area contributed by atoms with Gasteiger partial charge in [0.05, 0.1) is 38.0 Å². The Kier molecular flexibility index (Phi) is 3.90. The molecule has 90 valence electrons. The standard InChI is InChI=1S/C11H18N2O3/c1-15-5-6-16-8-9-7-11(14)13(12-9)10-3-2-4-10/h10H,2-8H2,1H3. The first-order valence-corrected chi connectivity index (χ1v) is 5.76. The molecule has 1 aliphatic heterocycles. The minimum absolute atomic E-state index is 0.120. The van der Waals surface area contributed by atoms with Crippen LogP contribution in [0.3, 0.4) is 0 Å². The molecule has 5 nitrogen and oxygen atoms in total. The van der Waals surface area contributed by atoms with Crippen LogP contribution in [0.25, 0.3) is 0 Å². The quantitative estimate of drug-likeness (QED) is 0.629. The lowest BCUT2D eigenvalue weighted by molar-refractivity contribution is -0.132. The van der Waals surface area contributed by atoms with Crippen LogP contribution in [0.15, 0.2) is 5.10 Å². The van der Waals surface area contributed by atoms with Gasteiger partial charge < -0.3 is 9.47 Å². The zero-order valence-corrected chi connectivity index (χ0v) is 9.65. The largest absolute Gasteiger partial charge is 0.382 e. The average Bonchev–Trinajstić information content (AvgIpc) is 2.53. The lowest BCUT2D eigenvalue weighted by atomic mass is 9.92. The zero-order valence-electron chi connectivity index (χ0n) is 9.65. The Morgan fingerprint density at radius 1 is 1.44 bits per heavy atom. The molecule has 0 radical (unpaired) electrons. The number of carbonyl (C=O) groups excluding carboxylic acids is 1. The highest BCUT2D eigenvalue weighted by Gasteiger charge is 2.33. The summed E-state index contributed by atoms with van der Waals surface area (Å²) in [6.45, 7) is 1.57. The third-order valence-corrected chi connectivity index (χ3v) is 2.98. The predicted molar refractivity (Wildman–Crippen MR) is 59.2 cm³/mol. The van der Waals surface area contributed by atoms with E-state index in [2.05, 4.69) is 5.10 Å². The number of ether oxygens (including phenoxy) is 2. The SMILES string of the molecule is COCCOCC1=NN(C2CCC2)C(=O)C1. The van der Waals surface area contributed by atoms with Crippen molar-refractivity contribution in [3.8, 4) is 0 Å². The molecule has 1 heterocycles. The molecule has 2 rings (SSSR count). The Hall–Kier alpha value is -0.940. The molecule has 1 amide bonds. The van der Waals surface area contributed by atoms with E-state index in [1.54, 1.807) is 12.1 Å². The van der Waals surface area contributed by atoms with E-state index in [-0.39, 0.29) is 5.91 Å². The molecule has 0 saturated heterocycles. The third-order valence-electron chi connectivity index (χ3n) is 2.98. The molecule has 0 aromatic rings. The van der Waals surface area contributed by atoms with Crippen LogP contribution in [0.4, 0.5) is 0 Å². The highest BCUT2D eigenvalue weighted by molar-refractivity contribution is 6.05. The molecule has 0 aromatic heterocycles. The van der Waals surface area contributed by atoms with E-state index in [0.29, 0.717) is 32.3 Å². The van der Waals surface area contributed by atoms with Crippen molar-refractivity contribution in [2.75, 3.05) is 26.9 Å². The van der Waals surface area contributed by atoms with Gasteiger partial charge in [0.2, 0.25) is 5.91 Å². The van der Waals surface area contributed by atoms with Gasteiger partial charge in [-0.2, -0.15) is 5.10 Å². The first-order chi connectivity index (χ1) is 7.81. The summed E-state index contributed by atoms with van der Waals surface area (Å²) in [5, 5.41) is 5.97. The van der Waals surface area contributed by atoms with Crippen molar-refractivity contribution in [2.45, 2.75) is 31.7 Å². The molecule has 1 saturated carbocycles. The smallest absolute Gasteiger partial charge is 0.248 e. The Morgan fingerprint density at radius 3 is 2.88 bits per heavy atom. The maximum atomic E-state index is 11.6. The van der Waals surface area contributed by atoms with Crippen molar-refractivity contribution in [3.63, 3.8) is 0 Å². The summed E-state index contributed by atoms with van der Waals surface area (Å²) in [5.74, 6) is 0.120. The van der Waals surface area contributed by atoms with Gasteiger partial charge in [0, 0.05) is 7.11 Å². The van der Waals surface area contributed by atoms with Crippen LogP contribution in [0.1, 0.15) is 25.7 Å². The molecule has 0 N–H and O–H groups in total. The Morgan fingerprint density at radius 2 is 2.25 bits per heavy atom. The van der Waals surface area contributed by atoms with Crippen LogP contribution in [0.5, 0.6) is 0 Å². The highest BCUT2D eigenvalue weighted by Crippen LogP contribution is 2.27. The van der Waals surface area contributed by atoms with E-state index in [4.69, 9.17) is 9.47 Å². The molecule has 1 fully saturated rings. The van der Waals surface area contributed by atoms with E-state index < -0.39 is 0 Å². The molecular weight excluding hydrogens is 208 g/mol. The monoisotopic (exact) mass is 226 g/mol. The van der Waals surface area contributed by atoms with Crippen LogP contribution in [0.2, 0.25) is 0 Å². The molecule has 16 heavy (non-hydrogen) atoms. The summed E-state index contributed by atoms with van der Waals surface area (Å²) >= 11 is 0.